The van der Waals surface area contributed by atoms with Crippen LogP contribution in [0.1, 0.15) is 26.3 Å². The highest BCUT2D eigenvalue weighted by atomic mass is 15.1. The van der Waals surface area contributed by atoms with E-state index in [1.54, 1.807) is 0 Å². The van der Waals surface area contributed by atoms with Gasteiger partial charge >= 0.3 is 0 Å². The molecule has 0 radical (unpaired) electrons. The fourth-order valence-corrected chi connectivity index (χ4v) is 1.90. The molecular weight excluding hydrogens is 184 g/mol. The summed E-state index contributed by atoms with van der Waals surface area (Å²) in [6.45, 7) is 8.52. The summed E-state index contributed by atoms with van der Waals surface area (Å²) < 4.78 is 0. The number of benzene rings is 1. The minimum Gasteiger partial charge on any atom is -0.372 e. The Hall–Kier alpha value is -1.02. The molecule has 0 aromatic heterocycles. The second kappa shape index (κ2) is 5.76. The van der Waals surface area contributed by atoms with Gasteiger partial charge in [-0.1, -0.05) is 18.2 Å². The number of hydrogen-bond donors (Lipinski definition) is 1. The summed E-state index contributed by atoms with van der Waals surface area (Å²) >= 11 is 0. The van der Waals surface area contributed by atoms with Gasteiger partial charge < -0.3 is 10.6 Å². The molecule has 0 spiro atoms. The van der Waals surface area contributed by atoms with Gasteiger partial charge in [-0.15, -0.1) is 0 Å². The van der Waals surface area contributed by atoms with Crippen molar-refractivity contribution in [2.24, 2.45) is 5.73 Å². The van der Waals surface area contributed by atoms with E-state index in [2.05, 4.69) is 49.9 Å². The molecule has 1 atom stereocenters. The van der Waals surface area contributed by atoms with Crippen LogP contribution in [0.4, 0.5) is 5.69 Å². The molecule has 1 rings (SSSR count). The molecule has 0 saturated heterocycles. The summed E-state index contributed by atoms with van der Waals surface area (Å²) in [5.41, 5.74) is 8.55. The van der Waals surface area contributed by atoms with E-state index in [9.17, 15) is 0 Å². The quantitative estimate of drug-likeness (QED) is 0.801. The van der Waals surface area contributed by atoms with Crippen LogP contribution in [0.25, 0.3) is 0 Å². The average molecular weight is 206 g/mol. The lowest BCUT2D eigenvalue weighted by molar-refractivity contribution is 0.732. The van der Waals surface area contributed by atoms with Crippen molar-refractivity contribution in [3.8, 4) is 0 Å². The largest absolute Gasteiger partial charge is 0.372 e. The standard InChI is InChI=1S/C13H22N2/c1-4-15(5-2)13-9-7-6-8-12(13)10-11(3)14/h6-9,11H,4-5,10,14H2,1-3H3. The van der Waals surface area contributed by atoms with Gasteiger partial charge in [0.25, 0.3) is 0 Å². The van der Waals surface area contributed by atoms with E-state index in [0.717, 1.165) is 19.5 Å². The van der Waals surface area contributed by atoms with E-state index in [4.69, 9.17) is 5.73 Å². The lowest BCUT2D eigenvalue weighted by atomic mass is 10.0. The van der Waals surface area contributed by atoms with E-state index < -0.39 is 0 Å². The molecule has 2 heteroatoms. The maximum absolute atomic E-state index is 5.86. The van der Waals surface area contributed by atoms with Gasteiger partial charge in [-0.3, -0.25) is 0 Å². The number of anilines is 1. The maximum Gasteiger partial charge on any atom is 0.0399 e. The van der Waals surface area contributed by atoms with Crippen LogP contribution in [0, 0.1) is 0 Å². The summed E-state index contributed by atoms with van der Waals surface area (Å²) in [6.07, 6.45) is 0.951. The second-order valence-electron chi connectivity index (χ2n) is 3.98. The third-order valence-corrected chi connectivity index (χ3v) is 2.64. The summed E-state index contributed by atoms with van der Waals surface area (Å²) in [5, 5.41) is 0. The van der Waals surface area contributed by atoms with Gasteiger partial charge in [0.1, 0.15) is 0 Å². The number of hydrogen-bond acceptors (Lipinski definition) is 2. The molecule has 1 aromatic carbocycles. The zero-order valence-electron chi connectivity index (χ0n) is 10.0. The molecule has 2 nitrogen and oxygen atoms in total. The first kappa shape index (κ1) is 12.1. The fourth-order valence-electron chi connectivity index (χ4n) is 1.90. The van der Waals surface area contributed by atoms with E-state index in [-0.39, 0.29) is 6.04 Å². The third-order valence-electron chi connectivity index (χ3n) is 2.64. The summed E-state index contributed by atoms with van der Waals surface area (Å²) in [6, 6.07) is 8.77. The molecule has 0 aliphatic carbocycles. The van der Waals surface area contributed by atoms with E-state index in [0.29, 0.717) is 0 Å². The van der Waals surface area contributed by atoms with E-state index >= 15 is 0 Å². The summed E-state index contributed by atoms with van der Waals surface area (Å²) in [5.74, 6) is 0. The van der Waals surface area contributed by atoms with Gasteiger partial charge in [0.05, 0.1) is 0 Å². The lowest BCUT2D eigenvalue weighted by Gasteiger charge is -2.24. The predicted octanol–water partition coefficient (Wildman–Crippen LogP) is 2.42. The second-order valence-corrected chi connectivity index (χ2v) is 3.98. The van der Waals surface area contributed by atoms with Crippen molar-refractivity contribution in [2.45, 2.75) is 33.2 Å². The Balaban J connectivity index is 2.94. The Kier molecular flexibility index (Phi) is 4.63. The van der Waals surface area contributed by atoms with Crippen LogP contribution in [0.15, 0.2) is 24.3 Å². The number of nitrogens with zero attached hydrogens (tertiary/aromatic N) is 1. The molecular formula is C13H22N2. The molecule has 1 aromatic rings. The van der Waals surface area contributed by atoms with Crippen molar-refractivity contribution in [1.82, 2.24) is 0 Å². The molecule has 84 valence electrons. The van der Waals surface area contributed by atoms with Crippen molar-refractivity contribution < 1.29 is 0 Å². The molecule has 1 unspecified atom stereocenters. The van der Waals surface area contributed by atoms with Crippen molar-refractivity contribution in [3.63, 3.8) is 0 Å². The molecule has 0 saturated carbocycles. The normalized spacial score (nSPS) is 12.5. The third kappa shape index (κ3) is 3.24. The van der Waals surface area contributed by atoms with Crippen LogP contribution in [0.2, 0.25) is 0 Å². The SMILES string of the molecule is CCN(CC)c1ccccc1CC(C)N. The topological polar surface area (TPSA) is 29.3 Å². The van der Waals surface area contributed by atoms with Crippen molar-refractivity contribution in [1.29, 1.82) is 0 Å². The molecule has 15 heavy (non-hydrogen) atoms. The highest BCUT2D eigenvalue weighted by Crippen LogP contribution is 2.21. The van der Waals surface area contributed by atoms with Crippen LogP contribution in [-0.4, -0.2) is 19.1 Å². The highest BCUT2D eigenvalue weighted by molar-refractivity contribution is 5.53. The number of para-hydroxylation sites is 1. The molecule has 0 fully saturated rings. The Bertz CT molecular complexity index is 290. The zero-order valence-corrected chi connectivity index (χ0v) is 10.0. The van der Waals surface area contributed by atoms with Crippen LogP contribution >= 0.6 is 0 Å². The Morgan fingerprint density at radius 1 is 1.20 bits per heavy atom. The predicted molar refractivity (Wildman–Crippen MR) is 67.4 cm³/mol. The first-order chi connectivity index (χ1) is 7.19. The van der Waals surface area contributed by atoms with Gasteiger partial charge in [0.2, 0.25) is 0 Å². The summed E-state index contributed by atoms with van der Waals surface area (Å²) in [7, 11) is 0. The van der Waals surface area contributed by atoms with Crippen LogP contribution < -0.4 is 10.6 Å². The Morgan fingerprint density at radius 3 is 2.33 bits per heavy atom. The smallest absolute Gasteiger partial charge is 0.0399 e. The number of rotatable bonds is 5. The van der Waals surface area contributed by atoms with Gasteiger partial charge in [-0.2, -0.15) is 0 Å². The summed E-state index contributed by atoms with van der Waals surface area (Å²) in [4.78, 5) is 2.37. The highest BCUT2D eigenvalue weighted by Gasteiger charge is 2.08. The monoisotopic (exact) mass is 206 g/mol. The van der Waals surface area contributed by atoms with E-state index in [1.807, 2.05) is 0 Å². The van der Waals surface area contributed by atoms with Gasteiger partial charge in [-0.05, 0) is 38.8 Å². The van der Waals surface area contributed by atoms with Crippen LogP contribution in [0.5, 0.6) is 0 Å². The number of nitrogens with two attached hydrogens (primary N) is 1. The van der Waals surface area contributed by atoms with Gasteiger partial charge in [0.15, 0.2) is 0 Å². The maximum atomic E-state index is 5.86. The molecule has 0 amide bonds. The average Bonchev–Trinajstić information content (AvgIpc) is 2.21. The minimum atomic E-state index is 0.224. The first-order valence-corrected chi connectivity index (χ1v) is 5.77. The Labute approximate surface area is 93.1 Å². The van der Waals surface area contributed by atoms with E-state index in [1.165, 1.54) is 11.3 Å². The fraction of sp³-hybridized carbons (Fsp3) is 0.538. The minimum absolute atomic E-state index is 0.224. The van der Waals surface area contributed by atoms with Gasteiger partial charge in [-0.25, -0.2) is 0 Å². The van der Waals surface area contributed by atoms with Crippen LogP contribution in [-0.2, 0) is 6.42 Å². The molecule has 2 N–H and O–H groups in total. The van der Waals surface area contributed by atoms with Crippen LogP contribution in [0.3, 0.4) is 0 Å². The van der Waals surface area contributed by atoms with Crippen molar-refractivity contribution in [3.05, 3.63) is 29.8 Å². The molecule has 0 aliphatic heterocycles. The first-order valence-electron chi connectivity index (χ1n) is 5.77. The molecule has 0 aliphatic rings. The lowest BCUT2D eigenvalue weighted by Crippen LogP contribution is -2.25. The van der Waals surface area contributed by atoms with Crippen molar-refractivity contribution >= 4 is 5.69 Å². The zero-order chi connectivity index (χ0) is 11.3. The van der Waals surface area contributed by atoms with Gasteiger partial charge in [0, 0.05) is 24.8 Å². The Morgan fingerprint density at radius 2 is 1.80 bits per heavy atom. The molecule has 0 bridgehead atoms. The molecule has 0 heterocycles. The van der Waals surface area contributed by atoms with Crippen molar-refractivity contribution in [2.75, 3.05) is 18.0 Å².